The largest absolute Gasteiger partial charge is 0.458 e. The first-order chi connectivity index (χ1) is 5.83. The maximum Gasteiger partial charge on any atom is 0.306 e. The number of allylic oxidation sites excluding steroid dienone is 2. The van der Waals surface area contributed by atoms with Crippen molar-refractivity contribution >= 4 is 5.97 Å². The molecule has 0 spiro atoms. The van der Waals surface area contributed by atoms with Gasteiger partial charge in [0.2, 0.25) is 0 Å². The molecule has 0 N–H and O–H groups in total. The zero-order valence-corrected chi connectivity index (χ0v) is 7.16. The molecule has 0 aromatic carbocycles. The van der Waals surface area contributed by atoms with E-state index >= 15 is 0 Å². The Hall–Kier alpha value is -1.05. The zero-order chi connectivity index (χ0) is 8.81. The minimum atomic E-state index is -0.0776. The molecular weight excluding hydrogens is 152 g/mol. The van der Waals surface area contributed by atoms with Crippen LogP contribution in [0.1, 0.15) is 25.7 Å². The van der Waals surface area contributed by atoms with Gasteiger partial charge in [0.15, 0.2) is 0 Å². The second-order valence-electron chi connectivity index (χ2n) is 2.89. The average Bonchev–Trinajstić information content (AvgIpc) is 2.26. The first kappa shape index (κ1) is 9.04. The Labute approximate surface area is 72.9 Å². The van der Waals surface area contributed by atoms with Crippen LogP contribution in [-0.4, -0.2) is 12.1 Å². The Morgan fingerprint density at radius 1 is 1.50 bits per heavy atom. The van der Waals surface area contributed by atoms with Gasteiger partial charge in [-0.15, -0.1) is 0 Å². The number of carbonyl (C=O) groups excluding carboxylic acids is 1. The normalized spacial score (nSPS) is 25.0. The molecule has 2 heteroatoms. The Bertz CT molecular complexity index is 194. The zero-order valence-electron chi connectivity index (χ0n) is 7.16. The van der Waals surface area contributed by atoms with E-state index in [1.807, 2.05) is 12.2 Å². The minimum absolute atomic E-state index is 0.0296. The highest BCUT2D eigenvalue weighted by Gasteiger charge is 2.14. The van der Waals surface area contributed by atoms with Crippen molar-refractivity contribution in [3.05, 3.63) is 24.8 Å². The van der Waals surface area contributed by atoms with Gasteiger partial charge in [0.05, 0.1) is 0 Å². The lowest BCUT2D eigenvalue weighted by Crippen LogP contribution is -2.12. The van der Waals surface area contributed by atoms with Crippen molar-refractivity contribution in [3.8, 4) is 0 Å². The van der Waals surface area contributed by atoms with Crippen LogP contribution in [0.3, 0.4) is 0 Å². The van der Waals surface area contributed by atoms with Gasteiger partial charge in [-0.25, -0.2) is 0 Å². The van der Waals surface area contributed by atoms with Crippen LogP contribution in [0.15, 0.2) is 24.8 Å². The van der Waals surface area contributed by atoms with E-state index in [4.69, 9.17) is 4.74 Å². The SMILES string of the molecule is C=CC=CC1CCCCC(=O)O1. The number of rotatable bonds is 2. The Morgan fingerprint density at radius 3 is 3.08 bits per heavy atom. The molecule has 1 rings (SSSR count). The minimum Gasteiger partial charge on any atom is -0.458 e. The summed E-state index contributed by atoms with van der Waals surface area (Å²) in [4.78, 5) is 11.0. The van der Waals surface area contributed by atoms with Gasteiger partial charge in [0, 0.05) is 6.42 Å². The van der Waals surface area contributed by atoms with Crippen LogP contribution in [0.4, 0.5) is 0 Å². The molecule has 0 amide bonds. The molecule has 2 nitrogen and oxygen atoms in total. The van der Waals surface area contributed by atoms with Gasteiger partial charge in [-0.3, -0.25) is 4.79 Å². The van der Waals surface area contributed by atoms with Crippen LogP contribution in [0.2, 0.25) is 0 Å². The lowest BCUT2D eigenvalue weighted by molar-refractivity contribution is -0.145. The third-order valence-electron chi connectivity index (χ3n) is 1.86. The van der Waals surface area contributed by atoms with E-state index in [1.54, 1.807) is 6.08 Å². The summed E-state index contributed by atoms with van der Waals surface area (Å²) in [5.74, 6) is -0.0776. The van der Waals surface area contributed by atoms with Crippen molar-refractivity contribution in [2.24, 2.45) is 0 Å². The molecule has 1 fully saturated rings. The Balaban J connectivity index is 2.46. The van der Waals surface area contributed by atoms with Crippen molar-refractivity contribution in [3.63, 3.8) is 0 Å². The first-order valence-electron chi connectivity index (χ1n) is 4.31. The summed E-state index contributed by atoms with van der Waals surface area (Å²) in [7, 11) is 0. The molecule has 0 aromatic rings. The smallest absolute Gasteiger partial charge is 0.306 e. The lowest BCUT2D eigenvalue weighted by atomic mass is 10.1. The third kappa shape index (κ3) is 2.91. The average molecular weight is 166 g/mol. The van der Waals surface area contributed by atoms with Gasteiger partial charge >= 0.3 is 5.97 Å². The number of esters is 1. The molecule has 0 radical (unpaired) electrons. The molecule has 0 saturated carbocycles. The Morgan fingerprint density at radius 2 is 2.33 bits per heavy atom. The van der Waals surface area contributed by atoms with Gasteiger partial charge < -0.3 is 4.74 Å². The molecule has 1 atom stereocenters. The molecule has 1 unspecified atom stereocenters. The second kappa shape index (κ2) is 4.75. The van der Waals surface area contributed by atoms with Crippen LogP contribution < -0.4 is 0 Å². The molecule has 1 aliphatic heterocycles. The predicted molar refractivity (Wildman–Crippen MR) is 47.7 cm³/mol. The number of carbonyl (C=O) groups is 1. The molecule has 1 saturated heterocycles. The lowest BCUT2D eigenvalue weighted by Gasteiger charge is -2.08. The maximum atomic E-state index is 11.0. The highest BCUT2D eigenvalue weighted by molar-refractivity contribution is 5.69. The monoisotopic (exact) mass is 166 g/mol. The van der Waals surface area contributed by atoms with Gasteiger partial charge in [-0.05, 0) is 25.3 Å². The third-order valence-corrected chi connectivity index (χ3v) is 1.86. The van der Waals surface area contributed by atoms with Crippen LogP contribution in [-0.2, 0) is 9.53 Å². The fourth-order valence-electron chi connectivity index (χ4n) is 1.24. The second-order valence-corrected chi connectivity index (χ2v) is 2.89. The summed E-state index contributed by atoms with van der Waals surface area (Å²) in [6, 6.07) is 0. The van der Waals surface area contributed by atoms with Crippen molar-refractivity contribution in [2.45, 2.75) is 31.8 Å². The van der Waals surface area contributed by atoms with E-state index < -0.39 is 0 Å². The molecule has 66 valence electrons. The topological polar surface area (TPSA) is 26.3 Å². The van der Waals surface area contributed by atoms with Crippen LogP contribution in [0.25, 0.3) is 0 Å². The highest BCUT2D eigenvalue weighted by Crippen LogP contribution is 2.14. The maximum absolute atomic E-state index is 11.0. The quantitative estimate of drug-likeness (QED) is 0.464. The summed E-state index contributed by atoms with van der Waals surface area (Å²) in [6.07, 6.45) is 8.90. The van der Waals surface area contributed by atoms with E-state index in [0.717, 1.165) is 19.3 Å². The molecule has 1 heterocycles. The van der Waals surface area contributed by atoms with Crippen LogP contribution in [0.5, 0.6) is 0 Å². The van der Waals surface area contributed by atoms with Crippen molar-refractivity contribution in [2.75, 3.05) is 0 Å². The molecule has 12 heavy (non-hydrogen) atoms. The molecule has 0 aliphatic carbocycles. The van der Waals surface area contributed by atoms with Crippen molar-refractivity contribution in [1.82, 2.24) is 0 Å². The van der Waals surface area contributed by atoms with E-state index in [1.165, 1.54) is 0 Å². The summed E-state index contributed by atoms with van der Waals surface area (Å²) in [5, 5.41) is 0. The Kier molecular flexibility index (Phi) is 3.58. The number of hydrogen-bond donors (Lipinski definition) is 0. The number of hydrogen-bond acceptors (Lipinski definition) is 2. The van der Waals surface area contributed by atoms with Gasteiger partial charge in [0.25, 0.3) is 0 Å². The predicted octanol–water partition coefficient (Wildman–Crippen LogP) is 2.21. The first-order valence-corrected chi connectivity index (χ1v) is 4.31. The van der Waals surface area contributed by atoms with E-state index in [0.29, 0.717) is 6.42 Å². The van der Waals surface area contributed by atoms with Crippen molar-refractivity contribution < 1.29 is 9.53 Å². The summed E-state index contributed by atoms with van der Waals surface area (Å²) >= 11 is 0. The van der Waals surface area contributed by atoms with Crippen LogP contribution in [0, 0.1) is 0 Å². The molecule has 0 bridgehead atoms. The summed E-state index contributed by atoms with van der Waals surface area (Å²) in [6.45, 7) is 3.56. The van der Waals surface area contributed by atoms with Crippen LogP contribution >= 0.6 is 0 Å². The number of cyclic esters (lactones) is 1. The van der Waals surface area contributed by atoms with Gasteiger partial charge in [0.1, 0.15) is 6.10 Å². The molecule has 0 aromatic heterocycles. The fourth-order valence-corrected chi connectivity index (χ4v) is 1.24. The number of ether oxygens (including phenoxy) is 1. The van der Waals surface area contributed by atoms with Gasteiger partial charge in [-0.2, -0.15) is 0 Å². The summed E-state index contributed by atoms with van der Waals surface area (Å²) in [5.41, 5.74) is 0. The van der Waals surface area contributed by atoms with Crippen molar-refractivity contribution in [1.29, 1.82) is 0 Å². The fraction of sp³-hybridized carbons (Fsp3) is 0.500. The molecule has 1 aliphatic rings. The van der Waals surface area contributed by atoms with E-state index in [9.17, 15) is 4.79 Å². The molecular formula is C10H14O2. The van der Waals surface area contributed by atoms with Gasteiger partial charge in [-0.1, -0.05) is 18.7 Å². The van der Waals surface area contributed by atoms with E-state index in [-0.39, 0.29) is 12.1 Å². The highest BCUT2D eigenvalue weighted by atomic mass is 16.5. The standard InChI is InChI=1S/C10H14O2/c1-2-3-6-9-7-4-5-8-10(11)12-9/h2-3,6,9H,1,4-5,7-8H2. The van der Waals surface area contributed by atoms with E-state index in [2.05, 4.69) is 6.58 Å². The summed E-state index contributed by atoms with van der Waals surface area (Å²) < 4.78 is 5.14.